The van der Waals surface area contributed by atoms with Crippen molar-refractivity contribution in [1.29, 1.82) is 0 Å². The third-order valence-electron chi connectivity index (χ3n) is 1.84. The second kappa shape index (κ2) is 7.55. The molecule has 0 saturated carbocycles. The summed E-state index contributed by atoms with van der Waals surface area (Å²) in [5.74, 6) is -0.589. The third-order valence-corrected chi connectivity index (χ3v) is 2.75. The first-order valence-corrected chi connectivity index (χ1v) is 5.80. The van der Waals surface area contributed by atoms with Crippen LogP contribution in [-0.4, -0.2) is 30.2 Å². The number of halogens is 4. The molecule has 0 saturated heterocycles. The van der Waals surface area contributed by atoms with E-state index < -0.39 is 25.0 Å². The molecule has 0 bridgehead atoms. The molecule has 104 valence electrons. The van der Waals surface area contributed by atoms with Crippen LogP contribution < -0.4 is 11.1 Å². The summed E-state index contributed by atoms with van der Waals surface area (Å²) in [6.45, 7) is -0.0191. The van der Waals surface area contributed by atoms with Crippen LogP contribution >= 0.6 is 23.7 Å². The quantitative estimate of drug-likeness (QED) is 0.871. The largest absolute Gasteiger partial charge is 0.390 e. The number of nitrogens with zero attached hydrogens (tertiary/aromatic N) is 1. The van der Waals surface area contributed by atoms with E-state index in [-0.39, 0.29) is 18.1 Å². The van der Waals surface area contributed by atoms with Gasteiger partial charge in [-0.25, -0.2) is 4.98 Å². The molecule has 0 spiro atoms. The number of rotatable bonds is 5. The van der Waals surface area contributed by atoms with Crippen LogP contribution in [0.4, 0.5) is 13.2 Å². The Morgan fingerprint density at radius 1 is 1.50 bits per heavy atom. The number of carbonyl (C=O) groups excluding carboxylic acids is 1. The number of hydrogen-bond donors (Lipinski definition) is 2. The van der Waals surface area contributed by atoms with Gasteiger partial charge in [-0.05, 0) is 6.54 Å². The second-order valence-corrected chi connectivity index (χ2v) is 4.23. The van der Waals surface area contributed by atoms with Gasteiger partial charge in [-0.15, -0.1) is 23.7 Å². The minimum atomic E-state index is -4.26. The van der Waals surface area contributed by atoms with E-state index >= 15 is 0 Å². The molecule has 18 heavy (non-hydrogen) atoms. The number of nitrogens with two attached hydrogens (primary N) is 1. The molecule has 0 atom stereocenters. The highest BCUT2D eigenvalue weighted by atomic mass is 35.5. The van der Waals surface area contributed by atoms with Crippen molar-refractivity contribution in [3.63, 3.8) is 0 Å². The summed E-state index contributed by atoms with van der Waals surface area (Å²) in [4.78, 5) is 15.3. The maximum atomic E-state index is 11.8. The van der Waals surface area contributed by atoms with Gasteiger partial charge in [0.05, 0.1) is 11.4 Å². The van der Waals surface area contributed by atoms with Crippen molar-refractivity contribution in [1.82, 2.24) is 10.3 Å². The fourth-order valence-corrected chi connectivity index (χ4v) is 1.86. The zero-order chi connectivity index (χ0) is 12.9. The van der Waals surface area contributed by atoms with Gasteiger partial charge in [0.1, 0.15) is 5.69 Å². The minimum absolute atomic E-state index is 0. The number of thiazole rings is 1. The molecule has 0 aromatic carbocycles. The number of nitrogens with one attached hydrogen (secondary N) is 1. The lowest BCUT2D eigenvalue weighted by atomic mass is 10.4. The van der Waals surface area contributed by atoms with Gasteiger partial charge >= 0.3 is 6.18 Å². The van der Waals surface area contributed by atoms with E-state index in [1.165, 1.54) is 16.7 Å². The van der Waals surface area contributed by atoms with E-state index in [2.05, 4.69) is 10.3 Å². The summed E-state index contributed by atoms with van der Waals surface area (Å²) in [6, 6.07) is 0. The van der Waals surface area contributed by atoms with Crippen molar-refractivity contribution >= 4 is 29.7 Å². The van der Waals surface area contributed by atoms with Crippen LogP contribution in [-0.2, 0) is 6.42 Å². The molecule has 4 nitrogen and oxygen atoms in total. The molecule has 1 amide bonds. The van der Waals surface area contributed by atoms with Gasteiger partial charge in [-0.3, -0.25) is 4.79 Å². The van der Waals surface area contributed by atoms with Crippen molar-refractivity contribution in [2.45, 2.75) is 19.0 Å². The summed E-state index contributed by atoms with van der Waals surface area (Å²) in [7, 11) is 0. The van der Waals surface area contributed by atoms with Crippen LogP contribution in [0.1, 0.15) is 21.9 Å². The van der Waals surface area contributed by atoms with E-state index in [4.69, 9.17) is 5.73 Å². The molecule has 9 heteroatoms. The predicted molar refractivity (Wildman–Crippen MR) is 65.1 cm³/mol. The summed E-state index contributed by atoms with van der Waals surface area (Å²) in [5.41, 5.74) is 5.45. The molecular weight excluding hydrogens is 291 g/mol. The molecule has 1 heterocycles. The number of carbonyl (C=O) groups is 1. The molecule has 1 aromatic heterocycles. The van der Waals surface area contributed by atoms with Gasteiger partial charge in [-0.2, -0.15) is 13.2 Å². The van der Waals surface area contributed by atoms with Gasteiger partial charge in [-0.1, -0.05) is 0 Å². The Kier molecular flexibility index (Phi) is 7.19. The van der Waals surface area contributed by atoms with Gasteiger partial charge < -0.3 is 11.1 Å². The first-order chi connectivity index (χ1) is 7.92. The fourth-order valence-electron chi connectivity index (χ4n) is 1.06. The van der Waals surface area contributed by atoms with Crippen molar-refractivity contribution in [3.8, 4) is 0 Å². The molecule has 3 N–H and O–H groups in total. The number of hydrogen-bond acceptors (Lipinski definition) is 4. The molecule has 0 aliphatic carbocycles. The van der Waals surface area contributed by atoms with E-state index in [0.717, 1.165) is 0 Å². The lowest BCUT2D eigenvalue weighted by molar-refractivity contribution is -0.132. The van der Waals surface area contributed by atoms with Crippen molar-refractivity contribution in [2.75, 3.05) is 13.1 Å². The van der Waals surface area contributed by atoms with Crippen molar-refractivity contribution in [3.05, 3.63) is 16.1 Å². The van der Waals surface area contributed by atoms with Gasteiger partial charge in [0.2, 0.25) is 0 Å². The molecule has 0 aliphatic rings. The van der Waals surface area contributed by atoms with Crippen LogP contribution in [0.2, 0.25) is 0 Å². The summed E-state index contributed by atoms with van der Waals surface area (Å²) < 4.78 is 35.5. The van der Waals surface area contributed by atoms with Gasteiger partial charge in [0.25, 0.3) is 5.91 Å². The highest BCUT2D eigenvalue weighted by molar-refractivity contribution is 7.09. The minimum Gasteiger partial charge on any atom is -0.350 e. The van der Waals surface area contributed by atoms with Crippen LogP contribution in [0, 0.1) is 0 Å². The van der Waals surface area contributed by atoms with E-state index in [1.807, 2.05) is 0 Å². The molecule has 0 unspecified atom stereocenters. The molecule has 0 radical (unpaired) electrons. The Morgan fingerprint density at radius 3 is 2.72 bits per heavy atom. The zero-order valence-corrected chi connectivity index (χ0v) is 10.9. The lowest BCUT2D eigenvalue weighted by Gasteiger charge is -2.06. The Morgan fingerprint density at radius 2 is 2.17 bits per heavy atom. The highest BCUT2D eigenvalue weighted by Gasteiger charge is 2.26. The number of alkyl halides is 3. The normalized spacial score (nSPS) is 10.9. The maximum absolute atomic E-state index is 11.8. The van der Waals surface area contributed by atoms with Crippen molar-refractivity contribution in [2.24, 2.45) is 5.73 Å². The summed E-state index contributed by atoms with van der Waals surface area (Å²) in [5, 5.41) is 4.38. The maximum Gasteiger partial charge on any atom is 0.390 e. The number of aromatic nitrogens is 1. The van der Waals surface area contributed by atoms with Crippen LogP contribution in [0.15, 0.2) is 5.38 Å². The first kappa shape index (κ1) is 17.1. The Labute approximate surface area is 112 Å². The van der Waals surface area contributed by atoms with Crippen molar-refractivity contribution < 1.29 is 18.0 Å². The molecule has 1 rings (SSSR count). The molecular formula is C9H13ClF3N3OS. The predicted octanol–water partition coefficient (Wildman–Crippen LogP) is 1.75. The van der Waals surface area contributed by atoms with Gasteiger partial charge in [0, 0.05) is 18.3 Å². The van der Waals surface area contributed by atoms with E-state index in [1.54, 1.807) is 0 Å². The highest BCUT2D eigenvalue weighted by Crippen LogP contribution is 2.18. The average molecular weight is 304 g/mol. The number of amides is 1. The van der Waals surface area contributed by atoms with Crippen LogP contribution in [0.5, 0.6) is 0 Å². The fraction of sp³-hybridized carbons (Fsp3) is 0.556. The second-order valence-electron chi connectivity index (χ2n) is 3.29. The third kappa shape index (κ3) is 6.18. The smallest absolute Gasteiger partial charge is 0.350 e. The summed E-state index contributed by atoms with van der Waals surface area (Å²) in [6.07, 6.45) is -4.75. The SMILES string of the molecule is Cl.NCCc1nc(C(=O)NCCC(F)(F)F)cs1. The topological polar surface area (TPSA) is 68.0 Å². The van der Waals surface area contributed by atoms with E-state index in [9.17, 15) is 18.0 Å². The zero-order valence-electron chi connectivity index (χ0n) is 9.29. The first-order valence-electron chi connectivity index (χ1n) is 4.92. The van der Waals surface area contributed by atoms with Crippen LogP contribution in [0.3, 0.4) is 0 Å². The summed E-state index contributed by atoms with van der Waals surface area (Å²) >= 11 is 1.27. The Balaban J connectivity index is 0.00000289. The van der Waals surface area contributed by atoms with Gasteiger partial charge in [0.15, 0.2) is 0 Å². The lowest BCUT2D eigenvalue weighted by Crippen LogP contribution is -2.28. The molecule has 0 fully saturated rings. The monoisotopic (exact) mass is 303 g/mol. The standard InChI is InChI=1S/C9H12F3N3OS.ClH/c10-9(11,12)2-4-14-8(16)6-5-17-7(15-6)1-3-13;/h5H,1-4,13H2,(H,14,16);1H. The molecule has 1 aromatic rings. The Hall–Kier alpha value is -0.860. The van der Waals surface area contributed by atoms with E-state index in [0.29, 0.717) is 18.0 Å². The van der Waals surface area contributed by atoms with Crippen LogP contribution in [0.25, 0.3) is 0 Å². The average Bonchev–Trinajstić information content (AvgIpc) is 2.65. The Bertz CT molecular complexity index is 383. The molecule has 0 aliphatic heterocycles.